The van der Waals surface area contributed by atoms with E-state index in [2.05, 4.69) is 21.7 Å². The number of ether oxygens (including phenoxy) is 1. The van der Waals surface area contributed by atoms with Crippen LogP contribution in [0, 0.1) is 0 Å². The summed E-state index contributed by atoms with van der Waals surface area (Å²) >= 11 is 5.91. The molecule has 0 spiro atoms. The van der Waals surface area contributed by atoms with Crippen molar-refractivity contribution in [1.29, 1.82) is 0 Å². The van der Waals surface area contributed by atoms with Crippen LogP contribution in [0.1, 0.15) is 30.0 Å². The lowest BCUT2D eigenvalue weighted by Gasteiger charge is -2.33. The number of fused-ring (bicyclic) bond motifs is 1. The smallest absolute Gasteiger partial charge is 0.409 e. The number of imidazole rings is 1. The third-order valence-corrected chi connectivity index (χ3v) is 6.02. The molecule has 1 N–H and O–H groups in total. The second-order valence-electron chi connectivity index (χ2n) is 7.90. The zero-order valence-corrected chi connectivity index (χ0v) is 19.6. The van der Waals surface area contributed by atoms with Crippen molar-refractivity contribution in [3.05, 3.63) is 58.9 Å². The predicted molar refractivity (Wildman–Crippen MR) is 129 cm³/mol. The minimum Gasteiger partial charge on any atom is -0.450 e. The maximum absolute atomic E-state index is 12.5. The Balaban J connectivity index is 1.46. The number of anilines is 1. The van der Waals surface area contributed by atoms with Gasteiger partial charge in [0.1, 0.15) is 5.82 Å². The molecule has 0 saturated carbocycles. The van der Waals surface area contributed by atoms with Gasteiger partial charge < -0.3 is 19.5 Å². The molecule has 1 fully saturated rings. The summed E-state index contributed by atoms with van der Waals surface area (Å²) in [5.41, 5.74) is 3.10. The van der Waals surface area contributed by atoms with Crippen LogP contribution in [0.2, 0.25) is 5.02 Å². The molecule has 1 aliphatic heterocycles. The van der Waals surface area contributed by atoms with Gasteiger partial charge in [0.15, 0.2) is 0 Å². The van der Waals surface area contributed by atoms with Crippen molar-refractivity contribution in [2.75, 3.05) is 38.1 Å². The number of carbonyl (C=O) groups excluding carboxylic acids is 2. The Morgan fingerprint density at radius 3 is 2.45 bits per heavy atom. The molecule has 1 aromatic heterocycles. The number of aromatic nitrogens is 2. The number of aryl methyl sites for hydroxylation is 1. The predicted octanol–water partition coefficient (Wildman–Crippen LogP) is 4.24. The van der Waals surface area contributed by atoms with Crippen molar-refractivity contribution in [1.82, 2.24) is 19.4 Å². The topological polar surface area (TPSA) is 79.7 Å². The molecule has 0 bridgehead atoms. The highest BCUT2D eigenvalue weighted by Gasteiger charge is 2.23. The summed E-state index contributed by atoms with van der Waals surface area (Å²) in [6.07, 6.45) is -0.244. The molecule has 3 aromatic rings. The molecule has 174 valence electrons. The van der Waals surface area contributed by atoms with Gasteiger partial charge in [0, 0.05) is 49.0 Å². The van der Waals surface area contributed by atoms with Crippen LogP contribution in [0.25, 0.3) is 11.0 Å². The third kappa shape index (κ3) is 5.29. The number of hydrogen-bond acceptors (Lipinski definition) is 5. The van der Waals surface area contributed by atoms with Crippen LogP contribution in [-0.2, 0) is 17.8 Å². The Kier molecular flexibility index (Phi) is 7.15. The van der Waals surface area contributed by atoms with E-state index in [-0.39, 0.29) is 12.0 Å². The van der Waals surface area contributed by atoms with Crippen LogP contribution >= 0.6 is 11.6 Å². The largest absolute Gasteiger partial charge is 0.450 e. The molecule has 2 aromatic carbocycles. The first kappa shape index (κ1) is 23.1. The van der Waals surface area contributed by atoms with Crippen LogP contribution in [0.15, 0.2) is 42.5 Å². The molecule has 0 atom stereocenters. The fourth-order valence-corrected chi connectivity index (χ4v) is 4.16. The number of carbonyl (C=O) groups is 2. The van der Waals surface area contributed by atoms with Crippen molar-refractivity contribution < 1.29 is 14.3 Å². The van der Waals surface area contributed by atoms with Gasteiger partial charge in [-0.1, -0.05) is 11.6 Å². The van der Waals surface area contributed by atoms with Gasteiger partial charge in [-0.15, -0.1) is 0 Å². The Hall–Kier alpha value is -3.10. The highest BCUT2D eigenvalue weighted by Crippen LogP contribution is 2.23. The van der Waals surface area contributed by atoms with Crippen molar-refractivity contribution in [2.45, 2.75) is 26.9 Å². The average Bonchev–Trinajstić information content (AvgIpc) is 3.16. The summed E-state index contributed by atoms with van der Waals surface area (Å²) in [4.78, 5) is 33.4. The molecular formula is C24H28ClN5O3. The molecule has 1 aliphatic rings. The fourth-order valence-electron chi connectivity index (χ4n) is 4.04. The summed E-state index contributed by atoms with van der Waals surface area (Å²) in [5.74, 6) is 0.777. The molecule has 0 aliphatic carbocycles. The third-order valence-electron chi connectivity index (χ3n) is 5.77. The lowest BCUT2D eigenvalue weighted by molar-refractivity contribution is 0.0769. The van der Waals surface area contributed by atoms with Gasteiger partial charge in [0.05, 0.1) is 24.2 Å². The summed E-state index contributed by atoms with van der Waals surface area (Å²) in [7, 11) is 0. The minimum absolute atomic E-state index is 0.194. The average molecular weight is 470 g/mol. The van der Waals surface area contributed by atoms with Crippen LogP contribution in [0.5, 0.6) is 0 Å². The Morgan fingerprint density at radius 1 is 1.06 bits per heavy atom. The number of nitrogens with zero attached hydrogens (tertiary/aromatic N) is 4. The second kappa shape index (κ2) is 10.2. The van der Waals surface area contributed by atoms with E-state index in [0.29, 0.717) is 42.5 Å². The van der Waals surface area contributed by atoms with E-state index in [1.54, 1.807) is 29.2 Å². The normalized spacial score (nSPS) is 14.5. The van der Waals surface area contributed by atoms with Crippen LogP contribution in [0.3, 0.4) is 0 Å². The van der Waals surface area contributed by atoms with E-state index in [1.165, 1.54) is 0 Å². The highest BCUT2D eigenvalue weighted by molar-refractivity contribution is 6.30. The summed E-state index contributed by atoms with van der Waals surface area (Å²) in [6, 6.07) is 12.6. The Bertz CT molecular complexity index is 1140. The van der Waals surface area contributed by atoms with E-state index in [0.717, 1.165) is 36.5 Å². The van der Waals surface area contributed by atoms with Gasteiger partial charge in [-0.25, -0.2) is 9.78 Å². The number of halogens is 1. The number of nitrogens with one attached hydrogen (secondary N) is 1. The number of benzene rings is 2. The van der Waals surface area contributed by atoms with Crippen LogP contribution in [-0.4, -0.2) is 64.1 Å². The molecule has 9 heteroatoms. The monoisotopic (exact) mass is 469 g/mol. The van der Waals surface area contributed by atoms with E-state index in [4.69, 9.17) is 21.3 Å². The van der Waals surface area contributed by atoms with Gasteiger partial charge in [0.25, 0.3) is 5.91 Å². The fraction of sp³-hybridized carbons (Fsp3) is 0.375. The van der Waals surface area contributed by atoms with Gasteiger partial charge in [-0.3, -0.25) is 9.69 Å². The van der Waals surface area contributed by atoms with Gasteiger partial charge in [0.2, 0.25) is 0 Å². The molecular weight excluding hydrogens is 442 g/mol. The maximum Gasteiger partial charge on any atom is 0.409 e. The van der Waals surface area contributed by atoms with E-state index in [9.17, 15) is 9.59 Å². The van der Waals surface area contributed by atoms with E-state index in [1.807, 2.05) is 25.1 Å². The van der Waals surface area contributed by atoms with Crippen molar-refractivity contribution in [2.24, 2.45) is 0 Å². The number of rotatable bonds is 6. The van der Waals surface area contributed by atoms with E-state index >= 15 is 0 Å². The molecule has 2 amide bonds. The second-order valence-corrected chi connectivity index (χ2v) is 8.34. The Morgan fingerprint density at radius 2 is 1.79 bits per heavy atom. The minimum atomic E-state index is -0.244. The lowest BCUT2D eigenvalue weighted by atomic mass is 10.2. The number of piperazine rings is 1. The summed E-state index contributed by atoms with van der Waals surface area (Å²) < 4.78 is 7.29. The van der Waals surface area contributed by atoms with Crippen molar-refractivity contribution in [3.8, 4) is 0 Å². The first-order valence-electron chi connectivity index (χ1n) is 11.2. The van der Waals surface area contributed by atoms with Crippen molar-refractivity contribution in [3.63, 3.8) is 0 Å². The number of hydrogen-bond donors (Lipinski definition) is 1. The van der Waals surface area contributed by atoms with Gasteiger partial charge in [-0.05, 0) is 56.3 Å². The van der Waals surface area contributed by atoms with Crippen molar-refractivity contribution >= 4 is 40.3 Å². The molecule has 4 rings (SSSR count). The first-order chi connectivity index (χ1) is 16.0. The summed E-state index contributed by atoms with van der Waals surface area (Å²) in [5, 5.41) is 3.52. The molecule has 0 radical (unpaired) electrons. The Labute approximate surface area is 198 Å². The number of amides is 2. The molecule has 8 nitrogen and oxygen atoms in total. The molecule has 0 unspecified atom stereocenters. The van der Waals surface area contributed by atoms with E-state index < -0.39 is 0 Å². The molecule has 2 heterocycles. The van der Waals surface area contributed by atoms with Crippen LogP contribution < -0.4 is 5.32 Å². The van der Waals surface area contributed by atoms with Gasteiger partial charge >= 0.3 is 6.09 Å². The zero-order valence-electron chi connectivity index (χ0n) is 18.9. The maximum atomic E-state index is 12.5. The SMILES string of the molecule is CCOC(=O)N1CCN(Cc2nc3cc(NC(=O)c4ccc(Cl)cc4)ccc3n2CC)CC1. The zero-order chi connectivity index (χ0) is 23.4. The summed E-state index contributed by atoms with van der Waals surface area (Å²) in [6.45, 7) is 8.64. The molecule has 1 saturated heterocycles. The molecule has 33 heavy (non-hydrogen) atoms. The quantitative estimate of drug-likeness (QED) is 0.584. The van der Waals surface area contributed by atoms with Gasteiger partial charge in [-0.2, -0.15) is 0 Å². The lowest BCUT2D eigenvalue weighted by Crippen LogP contribution is -2.48. The van der Waals surface area contributed by atoms with Crippen LogP contribution in [0.4, 0.5) is 10.5 Å². The first-order valence-corrected chi connectivity index (χ1v) is 11.6. The highest BCUT2D eigenvalue weighted by atomic mass is 35.5. The standard InChI is InChI=1S/C24H28ClN5O3/c1-3-30-21-10-9-19(26-23(31)17-5-7-18(25)8-6-17)15-20(21)27-22(30)16-28-11-13-29(14-12-28)24(32)33-4-2/h5-10,15H,3-4,11-14,16H2,1-2H3,(H,26,31).